The van der Waals surface area contributed by atoms with Gasteiger partial charge in [0.1, 0.15) is 25.1 Å². The van der Waals surface area contributed by atoms with Gasteiger partial charge in [0.2, 0.25) is 5.91 Å². The summed E-state index contributed by atoms with van der Waals surface area (Å²) in [6, 6.07) is 12.8. The zero-order chi connectivity index (χ0) is 26.2. The quantitative estimate of drug-likeness (QED) is 0.493. The predicted molar refractivity (Wildman–Crippen MR) is 140 cm³/mol. The number of rotatable bonds is 7. The van der Waals surface area contributed by atoms with Crippen molar-refractivity contribution >= 4 is 22.4 Å². The van der Waals surface area contributed by atoms with Gasteiger partial charge in [0, 0.05) is 25.3 Å². The van der Waals surface area contributed by atoms with Gasteiger partial charge >= 0.3 is 0 Å². The van der Waals surface area contributed by atoms with Crippen LogP contribution in [0.1, 0.15) is 24.5 Å². The fourth-order valence-electron chi connectivity index (χ4n) is 5.51. The highest BCUT2D eigenvalue weighted by Gasteiger charge is 2.34. The van der Waals surface area contributed by atoms with Crippen molar-refractivity contribution in [2.75, 3.05) is 50.8 Å². The molecule has 0 unspecified atom stereocenters. The molecule has 38 heavy (non-hydrogen) atoms. The lowest BCUT2D eigenvalue weighted by atomic mass is 9.98. The van der Waals surface area contributed by atoms with Crippen molar-refractivity contribution in [3.63, 3.8) is 0 Å². The second-order valence-corrected chi connectivity index (χ2v) is 10.3. The maximum Gasteiger partial charge on any atom is 0.225 e. The molecule has 3 atom stereocenters. The van der Waals surface area contributed by atoms with Gasteiger partial charge in [-0.2, -0.15) is 0 Å². The van der Waals surface area contributed by atoms with Crippen molar-refractivity contribution in [2.45, 2.75) is 25.0 Å². The molecule has 0 bridgehead atoms. The van der Waals surface area contributed by atoms with Crippen molar-refractivity contribution in [1.82, 2.24) is 10.2 Å². The normalized spacial score (nSPS) is 20.7. The smallest absolute Gasteiger partial charge is 0.225 e. The molecule has 3 heterocycles. The van der Waals surface area contributed by atoms with Crippen molar-refractivity contribution in [1.29, 1.82) is 0 Å². The Morgan fingerprint density at radius 3 is 2.63 bits per heavy atom. The number of likely N-dealkylation sites (tertiary alicyclic amines) is 1. The summed E-state index contributed by atoms with van der Waals surface area (Å²) in [5.41, 5.74) is 1.33. The van der Waals surface area contributed by atoms with E-state index in [4.69, 9.17) is 9.47 Å². The number of hydrogen-bond acceptors (Lipinski definition) is 6. The first-order valence-electron chi connectivity index (χ1n) is 13.2. The van der Waals surface area contributed by atoms with Crippen LogP contribution in [0.25, 0.3) is 10.8 Å². The Hall–Kier alpha value is -3.43. The van der Waals surface area contributed by atoms with Crippen LogP contribution >= 0.6 is 0 Å². The molecule has 2 saturated heterocycles. The van der Waals surface area contributed by atoms with Crippen LogP contribution in [-0.2, 0) is 4.79 Å². The number of halogens is 2. The highest BCUT2D eigenvalue weighted by molar-refractivity contribution is 5.86. The lowest BCUT2D eigenvalue weighted by Crippen LogP contribution is -2.52. The molecule has 3 aromatic carbocycles. The van der Waals surface area contributed by atoms with Gasteiger partial charge in [-0.3, -0.25) is 4.79 Å². The molecule has 1 amide bonds. The standard InChI is InChI=1S/C29H31F2N3O4/c30-22-4-2-19-13-23(5-3-18(19)12-22)34-9-6-20(16-34)29(36)32-25(17-33-7-1-8-33)27(35)21-14-24(31)28-26(15-21)37-10-11-38-28/h2-5,12-15,20,25,27,35H,1,6-11,16-17H2,(H,32,36)/t20-,25+,27+/m0/s1. The number of ether oxygens (including phenoxy) is 2. The molecule has 6 rings (SSSR count). The summed E-state index contributed by atoms with van der Waals surface area (Å²) in [7, 11) is 0. The van der Waals surface area contributed by atoms with Crippen molar-refractivity contribution < 1.29 is 28.2 Å². The number of amides is 1. The molecule has 0 saturated carbocycles. The van der Waals surface area contributed by atoms with E-state index in [0.717, 1.165) is 42.5 Å². The molecule has 2 fully saturated rings. The molecule has 3 aliphatic rings. The molecule has 7 nitrogen and oxygen atoms in total. The van der Waals surface area contributed by atoms with E-state index in [1.54, 1.807) is 12.1 Å². The number of anilines is 1. The number of fused-ring (bicyclic) bond motifs is 2. The van der Waals surface area contributed by atoms with Gasteiger partial charge in [0.25, 0.3) is 0 Å². The van der Waals surface area contributed by atoms with E-state index in [1.165, 1.54) is 18.2 Å². The summed E-state index contributed by atoms with van der Waals surface area (Å²) in [5, 5.41) is 16.1. The van der Waals surface area contributed by atoms with Gasteiger partial charge in [-0.15, -0.1) is 0 Å². The molecule has 3 aromatic rings. The zero-order valence-electron chi connectivity index (χ0n) is 21.0. The minimum atomic E-state index is -1.11. The second-order valence-electron chi connectivity index (χ2n) is 10.3. The van der Waals surface area contributed by atoms with E-state index in [1.807, 2.05) is 18.2 Å². The molecular formula is C29H31F2N3O4. The Kier molecular flexibility index (Phi) is 6.80. The third-order valence-electron chi connectivity index (χ3n) is 7.78. The SMILES string of the molecule is O=C(N[C@H](CN1CCC1)[C@H](O)c1cc(F)c2c(c1)OCCO2)[C@H]1CCN(c2ccc3cc(F)ccc3c2)C1. The number of hydrogen-bond donors (Lipinski definition) is 2. The van der Waals surface area contributed by atoms with E-state index >= 15 is 0 Å². The molecule has 0 spiro atoms. The van der Waals surface area contributed by atoms with Gasteiger partial charge in [-0.1, -0.05) is 12.1 Å². The third-order valence-corrected chi connectivity index (χ3v) is 7.78. The first-order valence-corrected chi connectivity index (χ1v) is 13.2. The molecule has 0 aromatic heterocycles. The van der Waals surface area contributed by atoms with E-state index in [0.29, 0.717) is 31.7 Å². The Morgan fingerprint density at radius 1 is 1.03 bits per heavy atom. The maximum absolute atomic E-state index is 14.7. The maximum atomic E-state index is 14.7. The zero-order valence-corrected chi connectivity index (χ0v) is 21.0. The average Bonchev–Trinajstić information content (AvgIpc) is 3.40. The number of nitrogens with one attached hydrogen (secondary N) is 1. The monoisotopic (exact) mass is 523 g/mol. The van der Waals surface area contributed by atoms with Crippen LogP contribution < -0.4 is 19.7 Å². The lowest BCUT2D eigenvalue weighted by molar-refractivity contribution is -0.126. The number of nitrogens with zero attached hydrogens (tertiary/aromatic N) is 2. The average molecular weight is 524 g/mol. The van der Waals surface area contributed by atoms with Crippen LogP contribution in [0.2, 0.25) is 0 Å². The van der Waals surface area contributed by atoms with Gasteiger partial charge < -0.3 is 29.7 Å². The fraction of sp³-hybridized carbons (Fsp3) is 0.414. The highest BCUT2D eigenvalue weighted by Crippen LogP contribution is 2.37. The summed E-state index contributed by atoms with van der Waals surface area (Å²) in [4.78, 5) is 17.7. The molecule has 9 heteroatoms. The molecule has 0 radical (unpaired) electrons. The highest BCUT2D eigenvalue weighted by atomic mass is 19.1. The number of carbonyl (C=O) groups excluding carboxylic acids is 1. The largest absolute Gasteiger partial charge is 0.486 e. The minimum absolute atomic E-state index is 0.0559. The van der Waals surface area contributed by atoms with Crippen LogP contribution in [0.5, 0.6) is 11.5 Å². The summed E-state index contributed by atoms with van der Waals surface area (Å²) in [5.74, 6) is -0.906. The molecule has 3 aliphatic heterocycles. The van der Waals surface area contributed by atoms with Crippen LogP contribution in [0.15, 0.2) is 48.5 Å². The fourth-order valence-corrected chi connectivity index (χ4v) is 5.51. The van der Waals surface area contributed by atoms with Gasteiger partial charge in [-0.25, -0.2) is 8.78 Å². The Labute approximate surface area is 219 Å². The van der Waals surface area contributed by atoms with Gasteiger partial charge in [-0.05, 0) is 78.7 Å². The van der Waals surface area contributed by atoms with E-state index in [-0.39, 0.29) is 35.7 Å². The summed E-state index contributed by atoms with van der Waals surface area (Å²) in [6.45, 7) is 4.12. The van der Waals surface area contributed by atoms with Gasteiger partial charge in [0.15, 0.2) is 17.3 Å². The van der Waals surface area contributed by atoms with Crippen molar-refractivity contribution in [3.05, 3.63) is 65.7 Å². The lowest BCUT2D eigenvalue weighted by Gasteiger charge is -2.36. The first kappa shape index (κ1) is 24.9. The second kappa shape index (κ2) is 10.4. The topological polar surface area (TPSA) is 74.3 Å². The molecule has 2 N–H and O–H groups in total. The van der Waals surface area contributed by atoms with Gasteiger partial charge in [0.05, 0.1) is 12.0 Å². The van der Waals surface area contributed by atoms with E-state index in [9.17, 15) is 18.7 Å². The molecule has 200 valence electrons. The van der Waals surface area contributed by atoms with Crippen LogP contribution in [-0.4, -0.2) is 67.9 Å². The van der Waals surface area contributed by atoms with Crippen molar-refractivity contribution in [2.24, 2.45) is 5.92 Å². The van der Waals surface area contributed by atoms with Crippen LogP contribution in [0.4, 0.5) is 14.5 Å². The Bertz CT molecular complexity index is 1350. The minimum Gasteiger partial charge on any atom is -0.486 e. The molecule has 0 aliphatic carbocycles. The van der Waals surface area contributed by atoms with E-state index < -0.39 is 18.0 Å². The first-order chi connectivity index (χ1) is 18.4. The predicted octanol–water partition coefficient (Wildman–Crippen LogP) is 3.64. The number of aliphatic hydroxyl groups excluding tert-OH is 1. The number of benzene rings is 3. The number of carbonyl (C=O) groups is 1. The van der Waals surface area contributed by atoms with Crippen LogP contribution in [0, 0.1) is 17.6 Å². The molecular weight excluding hydrogens is 492 g/mol. The Balaban J connectivity index is 1.16. The third kappa shape index (κ3) is 5.00. The van der Waals surface area contributed by atoms with E-state index in [2.05, 4.69) is 15.1 Å². The summed E-state index contributed by atoms with van der Waals surface area (Å²) < 4.78 is 39.1. The van der Waals surface area contributed by atoms with Crippen molar-refractivity contribution in [3.8, 4) is 11.5 Å². The number of aliphatic hydroxyl groups is 1. The van der Waals surface area contributed by atoms with Crippen LogP contribution in [0.3, 0.4) is 0 Å². The Morgan fingerprint density at radius 2 is 1.82 bits per heavy atom. The summed E-state index contributed by atoms with van der Waals surface area (Å²) in [6.07, 6.45) is 0.646. The summed E-state index contributed by atoms with van der Waals surface area (Å²) >= 11 is 0.